The first kappa shape index (κ1) is 20.5. The number of halogens is 2. The van der Waals surface area contributed by atoms with Gasteiger partial charge in [-0.2, -0.15) is 4.98 Å². The average Bonchev–Trinajstić information content (AvgIpc) is 3.38. The van der Waals surface area contributed by atoms with Gasteiger partial charge in [0.1, 0.15) is 11.3 Å². The Labute approximate surface area is 186 Å². The number of imidazole rings is 1. The molecule has 0 amide bonds. The number of hydrogen-bond donors (Lipinski definition) is 2. The Bertz CT molecular complexity index is 1070. The normalized spacial score (nSPS) is 22.2. The Kier molecular flexibility index (Phi) is 5.69. The third-order valence-electron chi connectivity index (χ3n) is 6.65. The lowest BCUT2D eigenvalue weighted by atomic mass is 9.87. The molecular formula is C23H28ClFN6. The number of benzene rings is 1. The molecule has 0 radical (unpaired) electrons. The van der Waals surface area contributed by atoms with Crippen molar-refractivity contribution in [3.63, 3.8) is 0 Å². The van der Waals surface area contributed by atoms with Gasteiger partial charge in [0.2, 0.25) is 11.9 Å². The van der Waals surface area contributed by atoms with Crippen LogP contribution in [-0.4, -0.2) is 25.6 Å². The molecule has 3 aromatic rings. The summed E-state index contributed by atoms with van der Waals surface area (Å²) >= 11 is 5.92. The zero-order valence-electron chi connectivity index (χ0n) is 17.7. The first-order valence-electron chi connectivity index (χ1n) is 11.3. The lowest BCUT2D eigenvalue weighted by Gasteiger charge is -2.28. The van der Waals surface area contributed by atoms with Crippen LogP contribution in [0.25, 0.3) is 11.2 Å². The fraction of sp³-hybridized carbons (Fsp3) is 0.522. The number of hydrogen-bond acceptors (Lipinski definition) is 5. The maximum absolute atomic E-state index is 14.5. The monoisotopic (exact) mass is 442 g/mol. The van der Waals surface area contributed by atoms with Crippen LogP contribution in [0.4, 0.5) is 22.0 Å². The molecule has 1 aromatic carbocycles. The summed E-state index contributed by atoms with van der Waals surface area (Å²) in [5.74, 6) is 1.57. The van der Waals surface area contributed by atoms with Crippen molar-refractivity contribution in [1.82, 2.24) is 19.5 Å². The average molecular weight is 443 g/mol. The van der Waals surface area contributed by atoms with E-state index >= 15 is 0 Å². The van der Waals surface area contributed by atoms with Crippen LogP contribution in [0.5, 0.6) is 0 Å². The van der Waals surface area contributed by atoms with E-state index in [1.165, 1.54) is 18.9 Å². The highest BCUT2D eigenvalue weighted by Gasteiger charge is 2.26. The van der Waals surface area contributed by atoms with Gasteiger partial charge in [0, 0.05) is 17.1 Å². The molecule has 0 aliphatic heterocycles. The zero-order chi connectivity index (χ0) is 21.4. The molecule has 2 aliphatic rings. The van der Waals surface area contributed by atoms with E-state index in [9.17, 15) is 4.39 Å². The van der Waals surface area contributed by atoms with Crippen LogP contribution >= 0.6 is 11.6 Å². The summed E-state index contributed by atoms with van der Waals surface area (Å²) in [5.41, 5.74) is 1.86. The van der Waals surface area contributed by atoms with Crippen molar-refractivity contribution < 1.29 is 4.39 Å². The third kappa shape index (κ3) is 4.33. The van der Waals surface area contributed by atoms with Crippen molar-refractivity contribution in [3.8, 4) is 0 Å². The molecule has 0 spiro atoms. The first-order valence-corrected chi connectivity index (χ1v) is 11.7. The minimum absolute atomic E-state index is 0.272. The van der Waals surface area contributed by atoms with Crippen molar-refractivity contribution in [1.29, 1.82) is 0 Å². The first-order chi connectivity index (χ1) is 15.1. The van der Waals surface area contributed by atoms with Gasteiger partial charge in [-0.25, -0.2) is 14.4 Å². The number of fused-ring (bicyclic) bond motifs is 1. The van der Waals surface area contributed by atoms with Crippen LogP contribution in [0.3, 0.4) is 0 Å². The molecule has 8 heteroatoms. The summed E-state index contributed by atoms with van der Waals surface area (Å²) < 4.78 is 16.6. The number of rotatable bonds is 5. The van der Waals surface area contributed by atoms with E-state index in [1.54, 1.807) is 18.3 Å². The Morgan fingerprint density at radius 2 is 1.84 bits per heavy atom. The molecule has 2 fully saturated rings. The van der Waals surface area contributed by atoms with E-state index in [-0.39, 0.29) is 6.04 Å². The van der Waals surface area contributed by atoms with Gasteiger partial charge in [-0.15, -0.1) is 0 Å². The Morgan fingerprint density at radius 1 is 1.06 bits per heavy atom. The lowest BCUT2D eigenvalue weighted by Crippen LogP contribution is -2.20. The van der Waals surface area contributed by atoms with Gasteiger partial charge in [0.05, 0.1) is 11.9 Å². The summed E-state index contributed by atoms with van der Waals surface area (Å²) in [4.78, 5) is 14.1. The molecule has 6 nitrogen and oxygen atoms in total. The second-order valence-electron chi connectivity index (χ2n) is 9.00. The standard InChI is InChI=1S/C23H28ClFN6/c1-14-6-9-17(10-7-14)31-21-20(13-26-22(30-21)27-16-4-2-3-5-16)29-23(31)28-19-11-8-15(24)12-18(19)25/h8,11-14,16-17H,2-7,9-10H2,1H3,(H,28,29)(H,26,27,30)/t14-,17+. The van der Waals surface area contributed by atoms with Crippen LogP contribution in [0.15, 0.2) is 24.4 Å². The van der Waals surface area contributed by atoms with Crippen molar-refractivity contribution in [2.24, 2.45) is 5.92 Å². The van der Waals surface area contributed by atoms with E-state index in [1.807, 2.05) is 0 Å². The van der Waals surface area contributed by atoms with E-state index in [0.717, 1.165) is 50.1 Å². The molecule has 5 rings (SSSR count). The third-order valence-corrected chi connectivity index (χ3v) is 6.88. The van der Waals surface area contributed by atoms with Crippen LogP contribution in [0.1, 0.15) is 64.3 Å². The van der Waals surface area contributed by atoms with Crippen LogP contribution in [0.2, 0.25) is 5.02 Å². The molecule has 2 aromatic heterocycles. The minimum Gasteiger partial charge on any atom is -0.351 e. The Hall–Kier alpha value is -2.41. The zero-order valence-corrected chi connectivity index (χ0v) is 18.5. The molecule has 31 heavy (non-hydrogen) atoms. The summed E-state index contributed by atoms with van der Waals surface area (Å²) in [5, 5.41) is 7.04. The van der Waals surface area contributed by atoms with E-state index < -0.39 is 5.82 Å². The number of anilines is 3. The van der Waals surface area contributed by atoms with Gasteiger partial charge in [-0.05, 0) is 62.6 Å². The van der Waals surface area contributed by atoms with E-state index in [4.69, 9.17) is 21.6 Å². The molecule has 0 atom stereocenters. The van der Waals surface area contributed by atoms with Crippen molar-refractivity contribution in [3.05, 3.63) is 35.2 Å². The van der Waals surface area contributed by atoms with Gasteiger partial charge in [-0.3, -0.25) is 4.57 Å². The Balaban J connectivity index is 1.53. The molecule has 2 N–H and O–H groups in total. The summed E-state index contributed by atoms with van der Waals surface area (Å²) in [6, 6.07) is 5.33. The van der Waals surface area contributed by atoms with Crippen LogP contribution < -0.4 is 10.6 Å². The molecule has 0 bridgehead atoms. The quantitative estimate of drug-likeness (QED) is 0.474. The fourth-order valence-corrected chi connectivity index (χ4v) is 5.02. The van der Waals surface area contributed by atoms with Crippen LogP contribution in [0, 0.1) is 11.7 Å². The van der Waals surface area contributed by atoms with Crippen molar-refractivity contribution in [2.45, 2.75) is 70.4 Å². The largest absolute Gasteiger partial charge is 0.351 e. The second-order valence-corrected chi connectivity index (χ2v) is 9.43. The van der Waals surface area contributed by atoms with Crippen molar-refractivity contribution in [2.75, 3.05) is 10.6 Å². The summed E-state index contributed by atoms with van der Waals surface area (Å²) in [6.07, 6.45) is 11.0. The maximum atomic E-state index is 14.5. The highest BCUT2D eigenvalue weighted by Crippen LogP contribution is 2.37. The molecule has 2 heterocycles. The van der Waals surface area contributed by atoms with E-state index in [2.05, 4.69) is 27.1 Å². The SMILES string of the molecule is C[C@H]1CC[C@@H](n2c(Nc3ccc(Cl)cc3F)nc3cnc(NC4CCCC4)nc32)CC1. The van der Waals surface area contributed by atoms with Crippen molar-refractivity contribution >= 4 is 40.3 Å². The molecular weight excluding hydrogens is 415 g/mol. The maximum Gasteiger partial charge on any atom is 0.224 e. The van der Waals surface area contributed by atoms with Gasteiger partial charge >= 0.3 is 0 Å². The molecule has 0 unspecified atom stereocenters. The molecule has 0 saturated heterocycles. The molecule has 164 valence electrons. The van der Waals surface area contributed by atoms with Gasteiger partial charge in [-0.1, -0.05) is 31.4 Å². The van der Waals surface area contributed by atoms with Gasteiger partial charge < -0.3 is 10.6 Å². The lowest BCUT2D eigenvalue weighted by molar-refractivity contribution is 0.295. The highest BCUT2D eigenvalue weighted by molar-refractivity contribution is 6.30. The smallest absolute Gasteiger partial charge is 0.224 e. The Morgan fingerprint density at radius 3 is 2.58 bits per heavy atom. The topological polar surface area (TPSA) is 67.7 Å². The molecule has 2 aliphatic carbocycles. The highest BCUT2D eigenvalue weighted by atomic mass is 35.5. The minimum atomic E-state index is -0.405. The second kappa shape index (κ2) is 8.61. The number of nitrogens with zero attached hydrogens (tertiary/aromatic N) is 4. The summed E-state index contributed by atoms with van der Waals surface area (Å²) in [6.45, 7) is 2.30. The predicted octanol–water partition coefficient (Wildman–Crippen LogP) is 6.47. The summed E-state index contributed by atoms with van der Waals surface area (Å²) in [7, 11) is 0. The number of nitrogens with one attached hydrogen (secondary N) is 2. The van der Waals surface area contributed by atoms with Gasteiger partial charge in [0.25, 0.3) is 0 Å². The number of aromatic nitrogens is 4. The van der Waals surface area contributed by atoms with E-state index in [0.29, 0.717) is 34.2 Å². The predicted molar refractivity (Wildman–Crippen MR) is 123 cm³/mol. The van der Waals surface area contributed by atoms with Crippen LogP contribution in [-0.2, 0) is 0 Å². The molecule has 2 saturated carbocycles. The fourth-order valence-electron chi connectivity index (χ4n) is 4.86. The van der Waals surface area contributed by atoms with Gasteiger partial charge in [0.15, 0.2) is 5.65 Å².